The Balaban J connectivity index is 1.59. The van der Waals surface area contributed by atoms with E-state index in [0.29, 0.717) is 18.4 Å². The normalized spacial score (nSPS) is 50.2. The molecular weight excluding hydrogens is 480 g/mol. The van der Waals surface area contributed by atoms with Crippen molar-refractivity contribution in [2.24, 2.45) is 34.0 Å². The number of aliphatic hydroxyl groups is 2. The van der Waals surface area contributed by atoms with E-state index in [1.807, 2.05) is 34.6 Å². The first-order valence-corrected chi connectivity index (χ1v) is 13.1. The quantitative estimate of drug-likeness (QED) is 0.582. The molecule has 3 aliphatic carbocycles. The number of carbonyl (C=O) groups excluding carboxylic acids is 3. The summed E-state index contributed by atoms with van der Waals surface area (Å²) in [5.74, 6) is -3.32. The third kappa shape index (κ3) is 2.46. The number of aliphatic hydroxyl groups excluding tert-OH is 1. The van der Waals surface area contributed by atoms with E-state index in [0.717, 1.165) is 0 Å². The van der Waals surface area contributed by atoms with Gasteiger partial charge in [-0.05, 0) is 32.3 Å². The first-order chi connectivity index (χ1) is 17.2. The van der Waals surface area contributed by atoms with Crippen molar-refractivity contribution < 1.29 is 43.2 Å². The monoisotopic (exact) mass is 516 g/mol. The van der Waals surface area contributed by atoms with Crippen LogP contribution in [0.1, 0.15) is 72.0 Å². The molecule has 0 aromatic carbocycles. The van der Waals surface area contributed by atoms with Gasteiger partial charge in [-0.1, -0.05) is 27.7 Å². The summed E-state index contributed by atoms with van der Waals surface area (Å²) in [5, 5.41) is 24.2. The van der Waals surface area contributed by atoms with Gasteiger partial charge >= 0.3 is 11.9 Å². The molecule has 0 radical (unpaired) electrons. The SMILES string of the molecule is COC(=O)C(O)C1C2(C)C(=O)C3CC4(OC3(C)C1(C)C)C2CCC1(C)C(c2ccoc2)OC(=O)CC14O. The van der Waals surface area contributed by atoms with Gasteiger partial charge in [-0.25, -0.2) is 4.79 Å². The molecule has 5 aliphatic rings. The Morgan fingerprint density at radius 1 is 1.19 bits per heavy atom. The third-order valence-electron chi connectivity index (χ3n) is 11.8. The fourth-order valence-corrected chi connectivity index (χ4v) is 9.85. The average molecular weight is 517 g/mol. The molecule has 1 spiro atoms. The van der Waals surface area contributed by atoms with Crippen molar-refractivity contribution >= 4 is 17.7 Å². The van der Waals surface area contributed by atoms with Gasteiger partial charge in [0.25, 0.3) is 0 Å². The second-order valence-corrected chi connectivity index (χ2v) is 13.1. The lowest BCUT2D eigenvalue weighted by molar-refractivity contribution is -0.324. The number of esters is 2. The molecule has 1 aromatic rings. The van der Waals surface area contributed by atoms with Gasteiger partial charge in [-0.3, -0.25) is 9.59 Å². The highest BCUT2D eigenvalue weighted by molar-refractivity contribution is 5.93. The van der Waals surface area contributed by atoms with Crippen molar-refractivity contribution in [2.75, 3.05) is 7.11 Å². The molecule has 9 heteroatoms. The lowest BCUT2D eigenvalue weighted by Gasteiger charge is -2.68. The van der Waals surface area contributed by atoms with Crippen LogP contribution in [0.4, 0.5) is 0 Å². The molecule has 3 bridgehead atoms. The molecule has 2 saturated heterocycles. The zero-order valence-electron chi connectivity index (χ0n) is 22.2. The van der Waals surface area contributed by atoms with Crippen molar-refractivity contribution in [3.8, 4) is 0 Å². The van der Waals surface area contributed by atoms with Crippen molar-refractivity contribution in [3.63, 3.8) is 0 Å². The number of methoxy groups -OCH3 is 1. The number of Topliss-reactive ketones (excluding diaryl/α,β-unsaturated/α-hetero) is 1. The van der Waals surface area contributed by atoms with Crippen LogP contribution in [0.15, 0.2) is 23.0 Å². The topological polar surface area (TPSA) is 132 Å². The van der Waals surface area contributed by atoms with Crippen molar-refractivity contribution in [3.05, 3.63) is 24.2 Å². The maximum Gasteiger partial charge on any atom is 0.335 e. The molecule has 6 rings (SSSR count). The van der Waals surface area contributed by atoms with Crippen molar-refractivity contribution in [2.45, 2.75) is 89.3 Å². The Bertz CT molecular complexity index is 1190. The summed E-state index contributed by atoms with van der Waals surface area (Å²) >= 11 is 0. The fourth-order valence-electron chi connectivity index (χ4n) is 9.85. The highest BCUT2D eigenvalue weighted by Gasteiger charge is 2.87. The van der Waals surface area contributed by atoms with Crippen LogP contribution in [0, 0.1) is 34.0 Å². The Morgan fingerprint density at radius 3 is 2.51 bits per heavy atom. The summed E-state index contributed by atoms with van der Waals surface area (Å²) in [5.41, 5.74) is -6.34. The molecule has 10 unspecified atom stereocenters. The standard InChI is InChI=1S/C28H36O9/c1-23(2)19(18(30)22(32)34-6)25(4)16-7-9-24(3)21(14-8-10-35-13-14)36-17(29)12-28(24,33)27(16)11-15(20(25)31)26(23,5)37-27/h8,10,13,15-16,18-19,21,30,33H,7,9,11-12H2,1-6H3. The van der Waals surface area contributed by atoms with Crippen molar-refractivity contribution in [1.82, 2.24) is 0 Å². The van der Waals surface area contributed by atoms with Gasteiger partial charge in [0.2, 0.25) is 0 Å². The first kappa shape index (κ1) is 25.1. The number of rotatable bonds is 3. The van der Waals surface area contributed by atoms with E-state index in [-0.39, 0.29) is 18.6 Å². The van der Waals surface area contributed by atoms with Crippen LogP contribution >= 0.6 is 0 Å². The summed E-state index contributed by atoms with van der Waals surface area (Å²) in [7, 11) is 1.22. The molecule has 3 saturated carbocycles. The minimum Gasteiger partial charge on any atom is -0.472 e. The smallest absolute Gasteiger partial charge is 0.335 e. The van der Waals surface area contributed by atoms with E-state index < -0.39 is 74.9 Å². The van der Waals surface area contributed by atoms with Crippen LogP contribution in [0.3, 0.4) is 0 Å². The van der Waals surface area contributed by atoms with E-state index in [1.54, 1.807) is 6.07 Å². The van der Waals surface area contributed by atoms with Gasteiger partial charge in [0, 0.05) is 33.6 Å². The van der Waals surface area contributed by atoms with Gasteiger partial charge in [0.1, 0.15) is 23.1 Å². The molecule has 2 aliphatic heterocycles. The van der Waals surface area contributed by atoms with Crippen LogP contribution in [0.2, 0.25) is 0 Å². The van der Waals surface area contributed by atoms with Crippen molar-refractivity contribution in [1.29, 1.82) is 0 Å². The number of cyclic esters (lactones) is 1. The van der Waals surface area contributed by atoms with Crippen LogP contribution in [-0.4, -0.2) is 58.0 Å². The number of carbonyl (C=O) groups is 3. The average Bonchev–Trinajstić information content (AvgIpc) is 3.44. The number of ketones is 1. The maximum absolute atomic E-state index is 14.3. The predicted octanol–water partition coefficient (Wildman–Crippen LogP) is 2.73. The Hall–Kier alpha value is -2.23. The van der Waals surface area contributed by atoms with Gasteiger partial charge in [0.15, 0.2) is 6.10 Å². The number of ether oxygens (including phenoxy) is 3. The number of furan rings is 1. The summed E-state index contributed by atoms with van der Waals surface area (Å²) in [4.78, 5) is 40.1. The third-order valence-corrected chi connectivity index (χ3v) is 11.8. The Morgan fingerprint density at radius 2 is 1.89 bits per heavy atom. The van der Waals surface area contributed by atoms with Crippen LogP contribution in [0.5, 0.6) is 0 Å². The molecule has 1 aromatic heterocycles. The van der Waals surface area contributed by atoms with Gasteiger partial charge in [-0.15, -0.1) is 0 Å². The zero-order chi connectivity index (χ0) is 27.0. The second kappa shape index (κ2) is 7.04. The zero-order valence-corrected chi connectivity index (χ0v) is 22.2. The van der Waals surface area contributed by atoms with Crippen LogP contribution < -0.4 is 0 Å². The molecule has 2 N–H and O–H groups in total. The van der Waals surface area contributed by atoms with Gasteiger partial charge < -0.3 is 28.8 Å². The molecule has 5 fully saturated rings. The van der Waals surface area contributed by atoms with E-state index >= 15 is 0 Å². The van der Waals surface area contributed by atoms with E-state index in [4.69, 9.17) is 18.6 Å². The molecule has 202 valence electrons. The summed E-state index contributed by atoms with van der Waals surface area (Å²) in [6, 6.07) is 1.74. The Labute approximate surface area is 215 Å². The molecule has 0 amide bonds. The summed E-state index contributed by atoms with van der Waals surface area (Å²) in [6.07, 6.45) is 1.65. The second-order valence-electron chi connectivity index (χ2n) is 13.1. The number of fused-ring (bicyclic) bond motifs is 3. The highest BCUT2D eigenvalue weighted by atomic mass is 16.6. The molecule has 3 heterocycles. The molecule has 9 nitrogen and oxygen atoms in total. The fraction of sp³-hybridized carbons (Fsp3) is 0.750. The lowest BCUT2D eigenvalue weighted by atomic mass is 9.35. The number of hydrogen-bond donors (Lipinski definition) is 2. The summed E-state index contributed by atoms with van der Waals surface area (Å²) in [6.45, 7) is 9.44. The van der Waals surface area contributed by atoms with E-state index in [9.17, 15) is 24.6 Å². The van der Waals surface area contributed by atoms with Gasteiger partial charge in [-0.2, -0.15) is 0 Å². The van der Waals surface area contributed by atoms with E-state index in [2.05, 4.69) is 0 Å². The minimum absolute atomic E-state index is 0.0580. The minimum atomic E-state index is -1.67. The lowest BCUT2D eigenvalue weighted by Crippen LogP contribution is -2.77. The maximum atomic E-state index is 14.3. The van der Waals surface area contributed by atoms with E-state index in [1.165, 1.54) is 19.6 Å². The Kier molecular flexibility index (Phi) is 4.77. The predicted molar refractivity (Wildman–Crippen MR) is 127 cm³/mol. The molecule has 37 heavy (non-hydrogen) atoms. The number of hydrogen-bond acceptors (Lipinski definition) is 9. The van der Waals surface area contributed by atoms with Gasteiger partial charge in [0.05, 0.1) is 37.6 Å². The summed E-state index contributed by atoms with van der Waals surface area (Å²) < 4.78 is 23.2. The molecular formula is C28H36O9. The van der Waals surface area contributed by atoms with Crippen LogP contribution in [0.25, 0.3) is 0 Å². The first-order valence-electron chi connectivity index (χ1n) is 13.1. The highest BCUT2D eigenvalue weighted by Crippen LogP contribution is 2.79. The molecule has 10 atom stereocenters. The van der Waals surface area contributed by atoms with Crippen LogP contribution in [-0.2, 0) is 28.6 Å². The largest absolute Gasteiger partial charge is 0.472 e.